The second kappa shape index (κ2) is 9.72. The molecule has 0 N–H and O–H groups in total. The van der Waals surface area contributed by atoms with Crippen molar-refractivity contribution in [1.29, 1.82) is 0 Å². The predicted octanol–water partition coefficient (Wildman–Crippen LogP) is 9.74. The molecule has 1 atom stereocenters. The summed E-state index contributed by atoms with van der Waals surface area (Å²) < 4.78 is 21.3. The lowest BCUT2D eigenvalue weighted by molar-refractivity contribution is 0.676. The molecule has 0 amide bonds. The highest BCUT2D eigenvalue weighted by atomic mass is 32.2. The number of aromatic nitrogens is 1. The van der Waals surface area contributed by atoms with Crippen LogP contribution in [0.15, 0.2) is 172 Å². The van der Waals surface area contributed by atoms with Gasteiger partial charge in [0.2, 0.25) is 0 Å². The number of nitrogens with zero attached hydrogens (tertiary/aromatic N) is 2. The van der Waals surface area contributed by atoms with Gasteiger partial charge >= 0.3 is 0 Å². The summed E-state index contributed by atoms with van der Waals surface area (Å²) in [6.45, 7) is 0. The molecule has 1 unspecified atom stereocenters. The molecule has 2 heterocycles. The lowest BCUT2D eigenvalue weighted by Gasteiger charge is -2.21. The summed E-state index contributed by atoms with van der Waals surface area (Å²) in [5.74, 6) is 0. The second-order valence-electron chi connectivity index (χ2n) is 10.5. The van der Waals surface area contributed by atoms with Gasteiger partial charge in [-0.05, 0) is 71.3 Å². The summed E-state index contributed by atoms with van der Waals surface area (Å²) in [6, 6.07) is 51.9. The topological polar surface area (TPSA) is 34.4 Å². The van der Waals surface area contributed by atoms with Crippen LogP contribution in [0.25, 0.3) is 44.2 Å². The van der Waals surface area contributed by atoms with E-state index in [4.69, 9.17) is 4.36 Å². The number of rotatable bonds is 4. The van der Waals surface area contributed by atoms with Gasteiger partial charge in [0, 0.05) is 33.8 Å². The van der Waals surface area contributed by atoms with Crippen LogP contribution >= 0.6 is 0 Å². The summed E-state index contributed by atoms with van der Waals surface area (Å²) in [5, 5.41) is 2.45. The zero-order valence-corrected chi connectivity index (χ0v) is 23.5. The Morgan fingerprint density at radius 1 is 0.524 bits per heavy atom. The number of hydrogen-bond donors (Lipinski definition) is 0. The van der Waals surface area contributed by atoms with Crippen molar-refractivity contribution in [2.75, 3.05) is 0 Å². The SMILES string of the molecule is O=S1(c2ccccc2)=NC=C(c2cccc(-c3ccc4c(c3)c3ccccc3n4-c3ccccc3)c2)c2ccccc21. The van der Waals surface area contributed by atoms with Gasteiger partial charge in [-0.25, -0.2) is 4.21 Å². The minimum atomic E-state index is -2.75. The van der Waals surface area contributed by atoms with Crippen LogP contribution in [0.5, 0.6) is 0 Å². The molecule has 0 bridgehead atoms. The minimum absolute atomic E-state index is 0.726. The highest BCUT2D eigenvalue weighted by molar-refractivity contribution is 7.94. The average Bonchev–Trinajstić information content (AvgIpc) is 3.40. The van der Waals surface area contributed by atoms with Gasteiger partial charge in [0.25, 0.3) is 0 Å². The summed E-state index contributed by atoms with van der Waals surface area (Å²) in [5.41, 5.74) is 8.78. The first-order valence-corrected chi connectivity index (χ1v) is 15.5. The van der Waals surface area contributed by atoms with Crippen LogP contribution in [0.3, 0.4) is 0 Å². The zero-order chi connectivity index (χ0) is 28.1. The lowest BCUT2D eigenvalue weighted by Crippen LogP contribution is -2.09. The summed E-state index contributed by atoms with van der Waals surface area (Å²) >= 11 is 0. The van der Waals surface area contributed by atoms with Crippen molar-refractivity contribution in [3.05, 3.63) is 169 Å². The maximum Gasteiger partial charge on any atom is 0.109 e. The Labute approximate surface area is 245 Å². The van der Waals surface area contributed by atoms with Gasteiger partial charge in [-0.15, -0.1) is 0 Å². The fourth-order valence-corrected chi connectivity index (χ4v) is 8.09. The third-order valence-corrected chi connectivity index (χ3v) is 10.3. The molecule has 42 heavy (non-hydrogen) atoms. The van der Waals surface area contributed by atoms with E-state index in [9.17, 15) is 4.21 Å². The van der Waals surface area contributed by atoms with Gasteiger partial charge in [0.05, 0.1) is 20.8 Å². The largest absolute Gasteiger partial charge is 0.309 e. The number of hydrogen-bond acceptors (Lipinski definition) is 2. The van der Waals surface area contributed by atoms with E-state index in [-0.39, 0.29) is 0 Å². The molecule has 0 radical (unpaired) electrons. The van der Waals surface area contributed by atoms with Gasteiger partial charge < -0.3 is 4.57 Å². The molecule has 200 valence electrons. The quantitative estimate of drug-likeness (QED) is 0.212. The zero-order valence-electron chi connectivity index (χ0n) is 22.7. The van der Waals surface area contributed by atoms with Crippen molar-refractivity contribution in [2.24, 2.45) is 4.36 Å². The van der Waals surface area contributed by atoms with Crippen LogP contribution in [0.2, 0.25) is 0 Å². The Hall–Kier alpha value is -5.19. The first kappa shape index (κ1) is 24.6. The second-order valence-corrected chi connectivity index (χ2v) is 12.7. The third-order valence-electron chi connectivity index (χ3n) is 8.06. The Morgan fingerprint density at radius 3 is 2.05 bits per heavy atom. The molecule has 1 aromatic heterocycles. The Bertz CT molecular complexity index is 2290. The molecular formula is C38H26N2OS. The van der Waals surface area contributed by atoms with Crippen LogP contribution in [-0.4, -0.2) is 8.78 Å². The van der Waals surface area contributed by atoms with Crippen LogP contribution in [0.1, 0.15) is 11.1 Å². The lowest BCUT2D eigenvalue weighted by atomic mass is 9.94. The number of fused-ring (bicyclic) bond motifs is 4. The minimum Gasteiger partial charge on any atom is -0.309 e. The van der Waals surface area contributed by atoms with Crippen LogP contribution < -0.4 is 0 Å². The average molecular weight is 559 g/mol. The molecule has 0 saturated heterocycles. The summed E-state index contributed by atoms with van der Waals surface area (Å²) in [7, 11) is -2.75. The van der Waals surface area contributed by atoms with E-state index >= 15 is 0 Å². The molecule has 8 rings (SSSR count). The van der Waals surface area contributed by atoms with Crippen molar-refractivity contribution < 1.29 is 4.21 Å². The predicted molar refractivity (Wildman–Crippen MR) is 173 cm³/mol. The Kier molecular flexibility index (Phi) is 5.69. The first-order valence-electron chi connectivity index (χ1n) is 14.0. The van der Waals surface area contributed by atoms with E-state index in [1.165, 1.54) is 21.8 Å². The molecular weight excluding hydrogens is 532 g/mol. The van der Waals surface area contributed by atoms with Crippen LogP contribution in [-0.2, 0) is 9.73 Å². The molecule has 3 nitrogen and oxygen atoms in total. The molecule has 0 spiro atoms. The molecule has 4 heteroatoms. The van der Waals surface area contributed by atoms with Crippen LogP contribution in [0, 0.1) is 0 Å². The maximum absolute atomic E-state index is 14.2. The van der Waals surface area contributed by atoms with Gasteiger partial charge in [-0.3, -0.25) is 0 Å². The fourth-order valence-electron chi connectivity index (χ4n) is 6.08. The molecule has 7 aromatic rings. The van der Waals surface area contributed by atoms with Crippen molar-refractivity contribution in [3.8, 4) is 16.8 Å². The van der Waals surface area contributed by atoms with E-state index in [1.807, 2.05) is 48.5 Å². The Morgan fingerprint density at radius 2 is 1.19 bits per heavy atom. The summed E-state index contributed by atoms with van der Waals surface area (Å²) in [6.07, 6.45) is 1.80. The normalized spacial score (nSPS) is 16.1. The van der Waals surface area contributed by atoms with E-state index in [1.54, 1.807) is 6.20 Å². The van der Waals surface area contributed by atoms with E-state index in [2.05, 4.69) is 108 Å². The highest BCUT2D eigenvalue weighted by Crippen LogP contribution is 2.39. The summed E-state index contributed by atoms with van der Waals surface area (Å²) in [4.78, 5) is 1.48. The van der Waals surface area contributed by atoms with Gasteiger partial charge in [0.1, 0.15) is 9.73 Å². The maximum atomic E-state index is 14.2. The van der Waals surface area contributed by atoms with Gasteiger partial charge in [0.15, 0.2) is 0 Å². The van der Waals surface area contributed by atoms with Crippen molar-refractivity contribution in [3.63, 3.8) is 0 Å². The molecule has 1 aliphatic heterocycles. The van der Waals surface area contributed by atoms with E-state index < -0.39 is 9.73 Å². The van der Waals surface area contributed by atoms with Gasteiger partial charge in [-0.1, -0.05) is 97.1 Å². The van der Waals surface area contributed by atoms with Crippen molar-refractivity contribution in [2.45, 2.75) is 9.79 Å². The molecule has 0 fully saturated rings. The van der Waals surface area contributed by atoms with Gasteiger partial charge in [-0.2, -0.15) is 4.36 Å². The van der Waals surface area contributed by atoms with Crippen molar-refractivity contribution in [1.82, 2.24) is 4.57 Å². The van der Waals surface area contributed by atoms with Crippen LogP contribution in [0.4, 0.5) is 0 Å². The number of benzene rings is 6. The molecule has 6 aromatic carbocycles. The molecule has 1 aliphatic rings. The smallest absolute Gasteiger partial charge is 0.109 e. The highest BCUT2D eigenvalue weighted by Gasteiger charge is 2.25. The Balaban J connectivity index is 1.27. The molecule has 0 aliphatic carbocycles. The van der Waals surface area contributed by atoms with E-state index in [0.717, 1.165) is 43.3 Å². The molecule has 0 saturated carbocycles. The monoisotopic (exact) mass is 558 g/mol. The van der Waals surface area contributed by atoms with E-state index in [0.29, 0.717) is 0 Å². The first-order chi connectivity index (χ1) is 20.7. The third kappa shape index (κ3) is 3.84. The fraction of sp³-hybridized carbons (Fsp3) is 0. The number of para-hydroxylation sites is 2. The standard InChI is InChI=1S/C38H26N2OS/c41-42(31-16-5-2-6-17-31)38-21-10-8-19-33(38)35(26-39-42)29-13-11-12-27(24-29)28-22-23-37-34(25-28)32-18-7-9-20-36(32)40(37)30-14-3-1-4-15-30/h1-26H. The van der Waals surface area contributed by atoms with Crippen molar-refractivity contribution >= 4 is 37.1 Å².